The van der Waals surface area contributed by atoms with Crippen LogP contribution in [0.15, 0.2) is 79.0 Å². The number of benzene rings is 2. The van der Waals surface area contributed by atoms with Crippen molar-refractivity contribution in [1.29, 1.82) is 0 Å². The summed E-state index contributed by atoms with van der Waals surface area (Å²) in [7, 11) is 0. The van der Waals surface area contributed by atoms with Crippen LogP contribution in [0, 0.1) is 0 Å². The summed E-state index contributed by atoms with van der Waals surface area (Å²) in [6.07, 6.45) is 3.76. The van der Waals surface area contributed by atoms with Crippen LogP contribution in [0.5, 0.6) is 5.75 Å². The van der Waals surface area contributed by atoms with Gasteiger partial charge >= 0.3 is 0 Å². The largest absolute Gasteiger partial charge is 0.483 e. The number of fused-ring (bicyclic) bond motifs is 1. The van der Waals surface area contributed by atoms with E-state index in [0.717, 1.165) is 35.4 Å². The van der Waals surface area contributed by atoms with Crippen LogP contribution in [0.25, 0.3) is 16.8 Å². The molecule has 5 rings (SSSR count). The number of hydrogen-bond acceptors (Lipinski definition) is 4. The third kappa shape index (κ3) is 3.41. The summed E-state index contributed by atoms with van der Waals surface area (Å²) in [6.45, 7) is 0.700. The first kappa shape index (κ1) is 18.4. The molecule has 150 valence electrons. The highest BCUT2D eigenvalue weighted by Gasteiger charge is 2.33. The summed E-state index contributed by atoms with van der Waals surface area (Å²) >= 11 is 0. The van der Waals surface area contributed by atoms with Crippen molar-refractivity contribution in [2.24, 2.45) is 0 Å². The van der Waals surface area contributed by atoms with Crippen LogP contribution in [0.1, 0.15) is 24.7 Å². The minimum absolute atomic E-state index is 0.00289. The van der Waals surface area contributed by atoms with Gasteiger partial charge in [-0.25, -0.2) is 0 Å². The minimum Gasteiger partial charge on any atom is -0.483 e. The van der Waals surface area contributed by atoms with Gasteiger partial charge in [0.15, 0.2) is 18.1 Å². The van der Waals surface area contributed by atoms with Crippen LogP contribution in [0.3, 0.4) is 0 Å². The van der Waals surface area contributed by atoms with Gasteiger partial charge in [-0.15, -0.1) is 10.2 Å². The molecule has 3 heterocycles. The van der Waals surface area contributed by atoms with Crippen LogP contribution in [-0.4, -0.2) is 38.6 Å². The first-order valence-corrected chi connectivity index (χ1v) is 10.2. The molecule has 0 saturated carbocycles. The lowest BCUT2D eigenvalue weighted by Gasteiger charge is -2.24. The lowest BCUT2D eigenvalue weighted by molar-refractivity contribution is -0.134. The SMILES string of the molecule is O=C(COc1ccccc1-c1ccccc1)N1CCC[C@H]1c1nnc2ccccn12. The summed E-state index contributed by atoms with van der Waals surface area (Å²) in [4.78, 5) is 14.9. The fraction of sp³-hybridized carbons (Fsp3) is 0.208. The molecule has 0 bridgehead atoms. The maximum atomic E-state index is 13.1. The van der Waals surface area contributed by atoms with Crippen molar-refractivity contribution >= 4 is 11.6 Å². The molecule has 4 aromatic rings. The average Bonchev–Trinajstić information content (AvgIpc) is 3.45. The van der Waals surface area contributed by atoms with E-state index in [1.165, 1.54) is 0 Å². The predicted molar refractivity (Wildman–Crippen MR) is 114 cm³/mol. The Morgan fingerprint density at radius 1 is 0.967 bits per heavy atom. The molecular weight excluding hydrogens is 376 g/mol. The molecule has 1 aliphatic rings. The number of carbonyl (C=O) groups excluding carboxylic acids is 1. The molecule has 1 amide bonds. The maximum Gasteiger partial charge on any atom is 0.261 e. The Bertz CT molecular complexity index is 1170. The molecule has 1 fully saturated rings. The fourth-order valence-corrected chi connectivity index (χ4v) is 4.09. The first-order valence-electron chi connectivity index (χ1n) is 10.2. The Balaban J connectivity index is 1.34. The summed E-state index contributed by atoms with van der Waals surface area (Å²) in [6, 6.07) is 23.6. The number of carbonyl (C=O) groups is 1. The monoisotopic (exact) mass is 398 g/mol. The molecule has 2 aromatic heterocycles. The zero-order valence-electron chi connectivity index (χ0n) is 16.5. The van der Waals surface area contributed by atoms with E-state index in [0.29, 0.717) is 12.3 Å². The maximum absolute atomic E-state index is 13.1. The van der Waals surface area contributed by atoms with E-state index in [1.807, 2.05) is 88.3 Å². The smallest absolute Gasteiger partial charge is 0.261 e. The van der Waals surface area contributed by atoms with E-state index < -0.39 is 0 Å². The molecule has 0 unspecified atom stereocenters. The molecule has 30 heavy (non-hydrogen) atoms. The van der Waals surface area contributed by atoms with Gasteiger partial charge in [0.2, 0.25) is 0 Å². The Hall–Kier alpha value is -3.67. The van der Waals surface area contributed by atoms with Gasteiger partial charge in [-0.3, -0.25) is 9.20 Å². The number of pyridine rings is 1. The molecule has 1 atom stereocenters. The number of ether oxygens (including phenoxy) is 1. The van der Waals surface area contributed by atoms with Crippen molar-refractivity contribution in [2.45, 2.75) is 18.9 Å². The first-order chi connectivity index (χ1) is 14.8. The Labute approximate surface area is 174 Å². The van der Waals surface area contributed by atoms with Crippen molar-refractivity contribution in [3.05, 3.63) is 84.8 Å². The number of likely N-dealkylation sites (tertiary alicyclic amines) is 1. The van der Waals surface area contributed by atoms with Gasteiger partial charge in [0, 0.05) is 18.3 Å². The van der Waals surface area contributed by atoms with Crippen LogP contribution in [-0.2, 0) is 4.79 Å². The molecule has 1 aliphatic heterocycles. The highest BCUT2D eigenvalue weighted by molar-refractivity contribution is 5.79. The molecule has 2 aromatic carbocycles. The summed E-state index contributed by atoms with van der Waals surface area (Å²) < 4.78 is 7.95. The van der Waals surface area contributed by atoms with Crippen molar-refractivity contribution in [3.8, 4) is 16.9 Å². The second-order valence-corrected chi connectivity index (χ2v) is 7.38. The Morgan fingerprint density at radius 3 is 2.67 bits per heavy atom. The number of para-hydroxylation sites is 1. The lowest BCUT2D eigenvalue weighted by atomic mass is 10.1. The van der Waals surface area contributed by atoms with Gasteiger partial charge in [-0.05, 0) is 36.6 Å². The van der Waals surface area contributed by atoms with E-state index in [4.69, 9.17) is 4.74 Å². The summed E-state index contributed by atoms with van der Waals surface area (Å²) in [5.41, 5.74) is 2.83. The number of hydrogen-bond donors (Lipinski definition) is 0. The van der Waals surface area contributed by atoms with E-state index in [2.05, 4.69) is 10.2 Å². The van der Waals surface area contributed by atoms with E-state index in [-0.39, 0.29) is 18.6 Å². The van der Waals surface area contributed by atoms with Crippen LogP contribution in [0.4, 0.5) is 0 Å². The van der Waals surface area contributed by atoms with Gasteiger partial charge in [-0.2, -0.15) is 0 Å². The van der Waals surface area contributed by atoms with Crippen molar-refractivity contribution in [3.63, 3.8) is 0 Å². The molecule has 0 radical (unpaired) electrons. The quantitative estimate of drug-likeness (QED) is 0.507. The number of nitrogens with zero attached hydrogens (tertiary/aromatic N) is 4. The van der Waals surface area contributed by atoms with Gasteiger partial charge in [0.05, 0.1) is 6.04 Å². The van der Waals surface area contributed by atoms with Crippen LogP contribution >= 0.6 is 0 Å². The highest BCUT2D eigenvalue weighted by Crippen LogP contribution is 2.32. The second kappa shape index (κ2) is 7.99. The van der Waals surface area contributed by atoms with E-state index in [1.54, 1.807) is 0 Å². The normalized spacial score (nSPS) is 16.1. The molecular formula is C24H22N4O2. The number of aromatic nitrogens is 3. The molecule has 0 spiro atoms. The van der Waals surface area contributed by atoms with Crippen molar-refractivity contribution in [1.82, 2.24) is 19.5 Å². The molecule has 1 saturated heterocycles. The number of amides is 1. The standard InChI is InChI=1S/C24H22N4O2/c29-23(17-30-21-13-5-4-11-19(21)18-9-2-1-3-10-18)27-16-8-12-20(27)24-26-25-22-14-6-7-15-28(22)24/h1-7,9-11,13-15,20H,8,12,16-17H2/t20-/m0/s1. The molecule has 0 aliphatic carbocycles. The third-order valence-electron chi connectivity index (χ3n) is 5.53. The predicted octanol–water partition coefficient (Wildman–Crippen LogP) is 4.14. The molecule has 6 nitrogen and oxygen atoms in total. The van der Waals surface area contributed by atoms with Crippen molar-refractivity contribution < 1.29 is 9.53 Å². The average molecular weight is 398 g/mol. The Kier molecular flexibility index (Phi) is 4.89. The summed E-state index contributed by atoms with van der Waals surface area (Å²) in [5.74, 6) is 1.48. The highest BCUT2D eigenvalue weighted by atomic mass is 16.5. The van der Waals surface area contributed by atoms with E-state index >= 15 is 0 Å². The topological polar surface area (TPSA) is 59.7 Å². The Morgan fingerprint density at radius 2 is 1.77 bits per heavy atom. The van der Waals surface area contributed by atoms with Gasteiger partial charge in [0.25, 0.3) is 5.91 Å². The van der Waals surface area contributed by atoms with E-state index in [9.17, 15) is 4.79 Å². The number of rotatable bonds is 5. The van der Waals surface area contributed by atoms with Gasteiger partial charge in [-0.1, -0.05) is 54.6 Å². The second-order valence-electron chi connectivity index (χ2n) is 7.38. The molecule has 0 N–H and O–H groups in total. The third-order valence-corrected chi connectivity index (χ3v) is 5.53. The minimum atomic E-state index is -0.0807. The zero-order chi connectivity index (χ0) is 20.3. The van der Waals surface area contributed by atoms with Crippen molar-refractivity contribution in [2.75, 3.05) is 13.2 Å². The lowest BCUT2D eigenvalue weighted by Crippen LogP contribution is -2.35. The molecule has 6 heteroatoms. The fourth-order valence-electron chi connectivity index (χ4n) is 4.09. The van der Waals surface area contributed by atoms with Gasteiger partial charge < -0.3 is 9.64 Å². The van der Waals surface area contributed by atoms with Crippen LogP contribution < -0.4 is 4.74 Å². The van der Waals surface area contributed by atoms with Gasteiger partial charge in [0.1, 0.15) is 5.75 Å². The zero-order valence-corrected chi connectivity index (χ0v) is 16.5. The summed E-state index contributed by atoms with van der Waals surface area (Å²) in [5, 5.41) is 8.60. The van der Waals surface area contributed by atoms with Crippen LogP contribution in [0.2, 0.25) is 0 Å².